The molecule has 0 spiro atoms. The Balaban J connectivity index is 1.90. The van der Waals surface area contributed by atoms with Gasteiger partial charge in [0, 0.05) is 23.7 Å². The van der Waals surface area contributed by atoms with Crippen LogP contribution in [-0.2, 0) is 11.3 Å². The number of carbonyl (C=O) groups excluding carboxylic acids is 1. The molecule has 0 radical (unpaired) electrons. The zero-order valence-electron chi connectivity index (χ0n) is 15.9. The molecule has 2 aromatic carbocycles. The van der Waals surface area contributed by atoms with Gasteiger partial charge in [-0.2, -0.15) is 0 Å². The largest absolute Gasteiger partial charge is 0.489 e. The fourth-order valence-corrected chi connectivity index (χ4v) is 3.01. The number of anilines is 1. The van der Waals surface area contributed by atoms with Gasteiger partial charge in [-0.15, -0.1) is 0 Å². The van der Waals surface area contributed by atoms with Crippen molar-refractivity contribution in [3.63, 3.8) is 0 Å². The molecule has 28 heavy (non-hydrogen) atoms. The van der Waals surface area contributed by atoms with E-state index in [0.29, 0.717) is 57.3 Å². The van der Waals surface area contributed by atoms with E-state index in [4.69, 9.17) is 19.9 Å². The summed E-state index contributed by atoms with van der Waals surface area (Å²) in [5.41, 5.74) is 7.27. The van der Waals surface area contributed by atoms with Crippen LogP contribution in [0.4, 0.5) is 5.69 Å². The fourth-order valence-electron chi connectivity index (χ4n) is 3.01. The lowest BCUT2D eigenvalue weighted by molar-refractivity contribution is -0.118. The molecule has 1 heterocycles. The summed E-state index contributed by atoms with van der Waals surface area (Å²) in [5.74, 6) is 2.08. The van der Waals surface area contributed by atoms with Gasteiger partial charge in [-0.3, -0.25) is 4.79 Å². The van der Waals surface area contributed by atoms with Crippen molar-refractivity contribution < 1.29 is 19.0 Å². The van der Waals surface area contributed by atoms with Crippen molar-refractivity contribution in [2.45, 2.75) is 19.4 Å². The Labute approximate surface area is 165 Å². The first kappa shape index (κ1) is 19.8. The van der Waals surface area contributed by atoms with E-state index < -0.39 is 0 Å². The SMILES string of the molecule is C=CCOc1ccccc1CN(C(=O)CCCN)c1ccc2c(c1)OCCO2. The molecular formula is C22H26N2O4. The Hall–Kier alpha value is -2.99. The third-order valence-corrected chi connectivity index (χ3v) is 4.39. The second-order valence-electron chi connectivity index (χ2n) is 6.41. The van der Waals surface area contributed by atoms with Crippen LogP contribution < -0.4 is 24.8 Å². The van der Waals surface area contributed by atoms with Crippen LogP contribution in [0.5, 0.6) is 17.2 Å². The van der Waals surface area contributed by atoms with Crippen LogP contribution in [0.25, 0.3) is 0 Å². The zero-order valence-corrected chi connectivity index (χ0v) is 15.9. The summed E-state index contributed by atoms with van der Waals surface area (Å²) in [6.07, 6.45) is 2.71. The highest BCUT2D eigenvalue weighted by Gasteiger charge is 2.21. The minimum Gasteiger partial charge on any atom is -0.489 e. The first-order valence-electron chi connectivity index (χ1n) is 9.44. The van der Waals surface area contributed by atoms with E-state index >= 15 is 0 Å². The molecule has 1 aliphatic heterocycles. The van der Waals surface area contributed by atoms with Crippen molar-refractivity contribution in [1.29, 1.82) is 0 Å². The van der Waals surface area contributed by atoms with Crippen molar-refractivity contribution in [1.82, 2.24) is 0 Å². The molecule has 2 N–H and O–H groups in total. The first-order valence-corrected chi connectivity index (χ1v) is 9.44. The number of fused-ring (bicyclic) bond motifs is 1. The average molecular weight is 382 g/mol. The lowest BCUT2D eigenvalue weighted by atomic mass is 10.1. The second-order valence-corrected chi connectivity index (χ2v) is 6.41. The molecule has 0 fully saturated rings. The number of benzene rings is 2. The van der Waals surface area contributed by atoms with E-state index in [2.05, 4.69) is 6.58 Å². The van der Waals surface area contributed by atoms with Gasteiger partial charge in [0.25, 0.3) is 0 Å². The van der Waals surface area contributed by atoms with Crippen LogP contribution in [0.2, 0.25) is 0 Å². The van der Waals surface area contributed by atoms with Gasteiger partial charge in [0.1, 0.15) is 25.6 Å². The lowest BCUT2D eigenvalue weighted by Gasteiger charge is -2.26. The molecule has 0 saturated carbocycles. The van der Waals surface area contributed by atoms with Gasteiger partial charge in [-0.25, -0.2) is 0 Å². The molecule has 0 bridgehead atoms. The van der Waals surface area contributed by atoms with Gasteiger partial charge in [0.05, 0.1) is 6.54 Å². The molecule has 6 nitrogen and oxygen atoms in total. The number of nitrogens with two attached hydrogens (primary N) is 1. The van der Waals surface area contributed by atoms with Crippen molar-refractivity contribution in [2.75, 3.05) is 31.3 Å². The third-order valence-electron chi connectivity index (χ3n) is 4.39. The van der Waals surface area contributed by atoms with Crippen LogP contribution in [0.1, 0.15) is 18.4 Å². The molecule has 0 aromatic heterocycles. The number of amides is 1. The maximum Gasteiger partial charge on any atom is 0.227 e. The molecule has 1 amide bonds. The van der Waals surface area contributed by atoms with Crippen LogP contribution >= 0.6 is 0 Å². The quantitative estimate of drug-likeness (QED) is 0.674. The number of ether oxygens (including phenoxy) is 3. The summed E-state index contributed by atoms with van der Waals surface area (Å²) in [6, 6.07) is 13.3. The number of nitrogens with zero attached hydrogens (tertiary/aromatic N) is 1. The molecular weight excluding hydrogens is 356 g/mol. The van der Waals surface area contributed by atoms with E-state index in [1.165, 1.54) is 0 Å². The summed E-state index contributed by atoms with van der Waals surface area (Å²) in [4.78, 5) is 14.7. The minimum absolute atomic E-state index is 0.000603. The summed E-state index contributed by atoms with van der Waals surface area (Å²) in [6.45, 7) is 5.98. The van der Waals surface area contributed by atoms with E-state index in [-0.39, 0.29) is 5.91 Å². The maximum atomic E-state index is 12.9. The second kappa shape index (κ2) is 9.80. The number of hydrogen-bond acceptors (Lipinski definition) is 5. The van der Waals surface area contributed by atoms with E-state index in [1.807, 2.05) is 42.5 Å². The Bertz CT molecular complexity index is 822. The molecule has 148 valence electrons. The summed E-state index contributed by atoms with van der Waals surface area (Å²) >= 11 is 0. The van der Waals surface area contributed by atoms with E-state index in [0.717, 1.165) is 17.0 Å². The smallest absolute Gasteiger partial charge is 0.227 e. The number of carbonyl (C=O) groups is 1. The lowest BCUT2D eigenvalue weighted by Crippen LogP contribution is -2.31. The van der Waals surface area contributed by atoms with E-state index in [9.17, 15) is 4.79 Å². The number of para-hydroxylation sites is 1. The highest BCUT2D eigenvalue weighted by Crippen LogP contribution is 2.35. The topological polar surface area (TPSA) is 74.0 Å². The van der Waals surface area contributed by atoms with Gasteiger partial charge >= 0.3 is 0 Å². The predicted octanol–water partition coefficient (Wildman–Crippen LogP) is 3.29. The number of rotatable bonds is 9. The fraction of sp³-hybridized carbons (Fsp3) is 0.318. The predicted molar refractivity (Wildman–Crippen MR) is 109 cm³/mol. The van der Waals surface area contributed by atoms with Crippen molar-refractivity contribution in [3.8, 4) is 17.2 Å². The molecule has 3 rings (SSSR count). The van der Waals surface area contributed by atoms with Crippen LogP contribution in [0.15, 0.2) is 55.1 Å². The maximum absolute atomic E-state index is 12.9. The molecule has 0 atom stereocenters. The van der Waals surface area contributed by atoms with E-state index in [1.54, 1.807) is 11.0 Å². The molecule has 2 aromatic rings. The summed E-state index contributed by atoms with van der Waals surface area (Å²) < 4.78 is 17.0. The Morgan fingerprint density at radius 1 is 1.18 bits per heavy atom. The Morgan fingerprint density at radius 2 is 1.96 bits per heavy atom. The molecule has 1 aliphatic rings. The molecule has 0 unspecified atom stereocenters. The normalized spacial score (nSPS) is 12.3. The Kier molecular flexibility index (Phi) is 6.92. The van der Waals surface area contributed by atoms with Gasteiger partial charge in [-0.1, -0.05) is 30.9 Å². The Morgan fingerprint density at radius 3 is 2.75 bits per heavy atom. The van der Waals surface area contributed by atoms with Gasteiger partial charge in [0.15, 0.2) is 11.5 Å². The van der Waals surface area contributed by atoms with Crippen molar-refractivity contribution in [3.05, 3.63) is 60.7 Å². The monoisotopic (exact) mass is 382 g/mol. The molecule has 6 heteroatoms. The van der Waals surface area contributed by atoms with Gasteiger partial charge in [0.2, 0.25) is 5.91 Å². The van der Waals surface area contributed by atoms with Gasteiger partial charge < -0.3 is 24.8 Å². The minimum atomic E-state index is 0.000603. The van der Waals surface area contributed by atoms with Gasteiger partial charge in [-0.05, 0) is 31.2 Å². The summed E-state index contributed by atoms with van der Waals surface area (Å²) in [5, 5.41) is 0. The van der Waals surface area contributed by atoms with Crippen molar-refractivity contribution in [2.24, 2.45) is 5.73 Å². The van der Waals surface area contributed by atoms with Crippen molar-refractivity contribution >= 4 is 11.6 Å². The van der Waals surface area contributed by atoms with Crippen LogP contribution in [0.3, 0.4) is 0 Å². The number of hydrogen-bond donors (Lipinski definition) is 1. The highest BCUT2D eigenvalue weighted by molar-refractivity contribution is 5.93. The molecule has 0 saturated heterocycles. The van der Waals surface area contributed by atoms with Crippen LogP contribution in [-0.4, -0.2) is 32.3 Å². The average Bonchev–Trinajstić information content (AvgIpc) is 2.74. The highest BCUT2D eigenvalue weighted by atomic mass is 16.6. The summed E-state index contributed by atoms with van der Waals surface area (Å²) in [7, 11) is 0. The third kappa shape index (κ3) is 4.84. The molecule has 0 aliphatic carbocycles. The standard InChI is InChI=1S/C22H26N2O4/c1-2-12-26-19-7-4-3-6-17(19)16-24(22(25)8-5-11-23)18-9-10-20-21(15-18)28-14-13-27-20/h2-4,6-7,9-10,15H,1,5,8,11-14,16,23H2. The zero-order chi connectivity index (χ0) is 19.8. The van der Waals surface area contributed by atoms with Crippen LogP contribution in [0, 0.1) is 0 Å². The first-order chi connectivity index (χ1) is 13.7.